The summed E-state index contributed by atoms with van der Waals surface area (Å²) in [7, 11) is 0. The number of amides is 2. The third-order valence-electron chi connectivity index (χ3n) is 3.52. The number of benzene rings is 1. The predicted octanol–water partition coefficient (Wildman–Crippen LogP) is 2.01. The molecular formula is C16H19N3O2S. The maximum atomic E-state index is 11.7. The molecule has 3 rings (SSSR count). The first-order valence-corrected chi connectivity index (χ1v) is 8.43. The highest BCUT2D eigenvalue weighted by Gasteiger charge is 2.23. The number of nitrogens with zero attached hydrogens (tertiary/aromatic N) is 1. The Labute approximate surface area is 133 Å². The van der Waals surface area contributed by atoms with Crippen molar-refractivity contribution in [3.8, 4) is 0 Å². The number of rotatable bonds is 7. The Hall–Kier alpha value is -1.95. The third kappa shape index (κ3) is 4.27. The zero-order valence-electron chi connectivity index (χ0n) is 12.3. The van der Waals surface area contributed by atoms with Crippen LogP contribution < -0.4 is 10.6 Å². The second-order valence-corrected chi connectivity index (χ2v) is 6.66. The molecule has 1 aromatic heterocycles. The van der Waals surface area contributed by atoms with E-state index in [-0.39, 0.29) is 18.4 Å². The molecule has 0 radical (unpaired) electrons. The van der Waals surface area contributed by atoms with E-state index in [1.165, 1.54) is 4.70 Å². The van der Waals surface area contributed by atoms with Gasteiger partial charge in [0.2, 0.25) is 11.8 Å². The lowest BCUT2D eigenvalue weighted by Gasteiger charge is -2.05. The van der Waals surface area contributed by atoms with Crippen molar-refractivity contribution >= 4 is 33.4 Å². The van der Waals surface area contributed by atoms with Crippen LogP contribution >= 0.6 is 11.3 Å². The van der Waals surface area contributed by atoms with E-state index in [0.717, 1.165) is 36.2 Å². The van der Waals surface area contributed by atoms with Crippen LogP contribution in [-0.2, 0) is 16.0 Å². The normalized spacial score (nSPS) is 14.0. The topological polar surface area (TPSA) is 71.1 Å². The molecule has 1 fully saturated rings. The highest BCUT2D eigenvalue weighted by atomic mass is 32.1. The number of nitrogens with one attached hydrogen (secondary N) is 2. The van der Waals surface area contributed by atoms with Gasteiger partial charge in [-0.25, -0.2) is 4.98 Å². The first kappa shape index (κ1) is 15.0. The van der Waals surface area contributed by atoms with Crippen LogP contribution in [0.3, 0.4) is 0 Å². The predicted molar refractivity (Wildman–Crippen MR) is 86.7 cm³/mol. The Balaban J connectivity index is 1.36. The van der Waals surface area contributed by atoms with E-state index in [4.69, 9.17) is 0 Å². The zero-order chi connectivity index (χ0) is 15.4. The number of hydrogen-bond acceptors (Lipinski definition) is 4. The van der Waals surface area contributed by atoms with E-state index in [0.29, 0.717) is 12.5 Å². The van der Waals surface area contributed by atoms with Gasteiger partial charge in [-0.05, 0) is 37.8 Å². The van der Waals surface area contributed by atoms with Gasteiger partial charge in [-0.15, -0.1) is 11.3 Å². The fourth-order valence-corrected chi connectivity index (χ4v) is 3.21. The van der Waals surface area contributed by atoms with Crippen LogP contribution in [0.1, 0.15) is 30.7 Å². The van der Waals surface area contributed by atoms with Gasteiger partial charge in [-0.1, -0.05) is 12.1 Å². The van der Waals surface area contributed by atoms with Crippen molar-refractivity contribution in [2.45, 2.75) is 38.1 Å². The number of para-hydroxylation sites is 1. The molecule has 2 N–H and O–H groups in total. The smallest absolute Gasteiger partial charge is 0.239 e. The SMILES string of the molecule is O=C(CCCc1nc2ccccc2s1)NCC(=O)NC1CC1. The van der Waals surface area contributed by atoms with Crippen molar-refractivity contribution < 1.29 is 9.59 Å². The molecular weight excluding hydrogens is 298 g/mol. The number of fused-ring (bicyclic) bond motifs is 1. The minimum Gasteiger partial charge on any atom is -0.352 e. The van der Waals surface area contributed by atoms with E-state index in [1.54, 1.807) is 11.3 Å². The molecule has 0 bridgehead atoms. The van der Waals surface area contributed by atoms with Crippen LogP contribution in [0.15, 0.2) is 24.3 Å². The second-order valence-electron chi connectivity index (χ2n) is 5.55. The van der Waals surface area contributed by atoms with Crippen LogP contribution in [0.25, 0.3) is 10.2 Å². The molecule has 0 spiro atoms. The Morgan fingerprint density at radius 1 is 1.23 bits per heavy atom. The zero-order valence-corrected chi connectivity index (χ0v) is 13.1. The van der Waals surface area contributed by atoms with Gasteiger partial charge in [0, 0.05) is 12.5 Å². The molecule has 0 atom stereocenters. The van der Waals surface area contributed by atoms with E-state index in [2.05, 4.69) is 21.7 Å². The molecule has 0 aliphatic heterocycles. The van der Waals surface area contributed by atoms with Gasteiger partial charge in [0.1, 0.15) is 0 Å². The average Bonchev–Trinajstić information content (AvgIpc) is 3.21. The molecule has 1 aliphatic carbocycles. The largest absolute Gasteiger partial charge is 0.352 e. The van der Waals surface area contributed by atoms with Crippen molar-refractivity contribution in [2.75, 3.05) is 6.54 Å². The standard InChI is InChI=1S/C16H19N3O2S/c20-14(17-10-15(21)18-11-8-9-11)6-3-7-16-19-12-4-1-2-5-13(12)22-16/h1-2,4-5,11H,3,6-10H2,(H,17,20)(H,18,21). The quantitative estimate of drug-likeness (QED) is 0.820. The van der Waals surface area contributed by atoms with Crippen LogP contribution in [0, 0.1) is 0 Å². The van der Waals surface area contributed by atoms with Crippen LogP contribution in [0.4, 0.5) is 0 Å². The van der Waals surface area contributed by atoms with E-state index in [1.807, 2.05) is 18.2 Å². The number of hydrogen-bond donors (Lipinski definition) is 2. The van der Waals surface area contributed by atoms with E-state index < -0.39 is 0 Å². The molecule has 5 nitrogen and oxygen atoms in total. The fraction of sp³-hybridized carbons (Fsp3) is 0.438. The Morgan fingerprint density at radius 2 is 2.05 bits per heavy atom. The highest BCUT2D eigenvalue weighted by Crippen LogP contribution is 2.22. The Bertz CT molecular complexity index is 646. The first-order chi connectivity index (χ1) is 10.7. The molecule has 116 valence electrons. The van der Waals surface area contributed by atoms with Crippen LogP contribution in [0.5, 0.6) is 0 Å². The summed E-state index contributed by atoms with van der Waals surface area (Å²) >= 11 is 1.67. The minimum absolute atomic E-state index is 0.0768. The van der Waals surface area contributed by atoms with E-state index >= 15 is 0 Å². The summed E-state index contributed by atoms with van der Waals surface area (Å²) in [6.07, 6.45) is 4.08. The molecule has 2 aromatic rings. The molecule has 6 heteroatoms. The Kier molecular flexibility index (Phi) is 4.68. The first-order valence-electron chi connectivity index (χ1n) is 7.61. The molecule has 1 aliphatic rings. The summed E-state index contributed by atoms with van der Waals surface area (Å²) in [5.74, 6) is -0.172. The molecule has 2 amide bonds. The summed E-state index contributed by atoms with van der Waals surface area (Å²) in [5.41, 5.74) is 1.02. The van der Waals surface area contributed by atoms with E-state index in [9.17, 15) is 9.59 Å². The second kappa shape index (κ2) is 6.87. The summed E-state index contributed by atoms with van der Waals surface area (Å²) < 4.78 is 1.18. The average molecular weight is 317 g/mol. The maximum absolute atomic E-state index is 11.7. The molecule has 0 saturated heterocycles. The van der Waals surface area contributed by atoms with Crippen molar-refractivity contribution in [3.63, 3.8) is 0 Å². The lowest BCUT2D eigenvalue weighted by molar-refractivity contribution is -0.126. The summed E-state index contributed by atoms with van der Waals surface area (Å²) in [4.78, 5) is 27.7. The van der Waals surface area contributed by atoms with Crippen molar-refractivity contribution in [3.05, 3.63) is 29.3 Å². The number of aromatic nitrogens is 1. The Morgan fingerprint density at radius 3 is 2.82 bits per heavy atom. The summed E-state index contributed by atoms with van der Waals surface area (Å²) in [5, 5.41) is 6.56. The number of carbonyl (C=O) groups is 2. The van der Waals surface area contributed by atoms with Gasteiger partial charge in [-0.3, -0.25) is 9.59 Å². The van der Waals surface area contributed by atoms with Gasteiger partial charge >= 0.3 is 0 Å². The molecule has 1 aromatic carbocycles. The van der Waals surface area contributed by atoms with Crippen molar-refractivity contribution in [1.29, 1.82) is 0 Å². The third-order valence-corrected chi connectivity index (χ3v) is 4.62. The summed E-state index contributed by atoms with van der Waals surface area (Å²) in [6.45, 7) is 0.0798. The molecule has 22 heavy (non-hydrogen) atoms. The number of carbonyl (C=O) groups excluding carboxylic acids is 2. The molecule has 1 saturated carbocycles. The van der Waals surface area contributed by atoms with Gasteiger partial charge in [0.05, 0.1) is 21.8 Å². The lowest BCUT2D eigenvalue weighted by atomic mass is 10.2. The van der Waals surface area contributed by atoms with Crippen molar-refractivity contribution in [1.82, 2.24) is 15.6 Å². The molecule has 1 heterocycles. The van der Waals surface area contributed by atoms with Crippen LogP contribution in [0.2, 0.25) is 0 Å². The van der Waals surface area contributed by atoms with Crippen molar-refractivity contribution in [2.24, 2.45) is 0 Å². The number of aryl methyl sites for hydroxylation is 1. The fourth-order valence-electron chi connectivity index (χ4n) is 2.20. The minimum atomic E-state index is -0.0953. The summed E-state index contributed by atoms with van der Waals surface area (Å²) in [6, 6.07) is 8.38. The van der Waals surface area contributed by atoms with Crippen LogP contribution in [-0.4, -0.2) is 29.4 Å². The highest BCUT2D eigenvalue weighted by molar-refractivity contribution is 7.18. The van der Waals surface area contributed by atoms with Gasteiger partial charge in [0.15, 0.2) is 0 Å². The van der Waals surface area contributed by atoms with Gasteiger partial charge < -0.3 is 10.6 Å². The molecule has 0 unspecified atom stereocenters. The van der Waals surface area contributed by atoms with Gasteiger partial charge in [-0.2, -0.15) is 0 Å². The monoisotopic (exact) mass is 317 g/mol. The number of thiazole rings is 1. The van der Waals surface area contributed by atoms with Gasteiger partial charge in [0.25, 0.3) is 0 Å². The lowest BCUT2D eigenvalue weighted by Crippen LogP contribution is -2.37. The maximum Gasteiger partial charge on any atom is 0.239 e.